The van der Waals surface area contributed by atoms with Crippen molar-refractivity contribution in [1.82, 2.24) is 19.9 Å². The topological polar surface area (TPSA) is 211 Å². The molecule has 14 nitrogen and oxygen atoms in total. The largest absolute Gasteiger partial charge is 0.490 e. The molecule has 1 aliphatic rings. The Morgan fingerprint density at radius 3 is 2.42 bits per heavy atom. The number of ether oxygens (including phenoxy) is 2. The van der Waals surface area contributed by atoms with Gasteiger partial charge in [-0.3, -0.25) is 4.98 Å². The molecular weight excluding hydrogens is 728 g/mol. The van der Waals surface area contributed by atoms with E-state index in [-0.39, 0.29) is 36.7 Å². The molecular formula is C37H51ClN4O10S. The number of halogens is 1. The first-order valence-corrected chi connectivity index (χ1v) is 19.5. The minimum absolute atomic E-state index is 0.0441. The van der Waals surface area contributed by atoms with Crippen LogP contribution < -0.4 is 15.4 Å². The average molecular weight is 779 g/mol. The van der Waals surface area contributed by atoms with Crippen LogP contribution in [0.4, 0.5) is 4.79 Å². The predicted molar refractivity (Wildman–Crippen MR) is 199 cm³/mol. The van der Waals surface area contributed by atoms with Crippen LogP contribution >= 0.6 is 11.6 Å². The Balaban J connectivity index is 1.35. The van der Waals surface area contributed by atoms with Crippen LogP contribution in [-0.4, -0.2) is 112 Å². The summed E-state index contributed by atoms with van der Waals surface area (Å²) in [6.07, 6.45) is 0.965. The number of sulfonamides is 1. The molecule has 4 rings (SSSR count). The third-order valence-electron chi connectivity index (χ3n) is 8.92. The zero-order valence-corrected chi connectivity index (χ0v) is 31.7. The van der Waals surface area contributed by atoms with Crippen molar-refractivity contribution in [2.75, 3.05) is 26.3 Å². The van der Waals surface area contributed by atoms with Gasteiger partial charge in [0, 0.05) is 47.7 Å². The monoisotopic (exact) mass is 778 g/mol. The molecule has 7 N–H and O–H groups in total. The van der Waals surface area contributed by atoms with Gasteiger partial charge in [0.15, 0.2) is 0 Å². The Hall–Kier alpha value is -3.38. The van der Waals surface area contributed by atoms with E-state index >= 15 is 0 Å². The molecule has 0 saturated heterocycles. The van der Waals surface area contributed by atoms with Crippen molar-refractivity contribution in [3.63, 3.8) is 0 Å². The van der Waals surface area contributed by atoms with Crippen molar-refractivity contribution in [3.8, 4) is 16.9 Å². The number of nitrogens with one attached hydrogen (secondary N) is 2. The Kier molecular flexibility index (Phi) is 15.8. The van der Waals surface area contributed by atoms with Crippen molar-refractivity contribution in [2.45, 2.75) is 101 Å². The highest BCUT2D eigenvalue weighted by molar-refractivity contribution is 7.89. The maximum Gasteiger partial charge on any atom is 0.315 e. The van der Waals surface area contributed by atoms with Crippen LogP contribution in [0.5, 0.6) is 5.75 Å². The number of aliphatic hydroxyl groups excluding tert-OH is 5. The normalized spacial score (nSPS) is 16.2. The standard InChI is InChI=1S/C37H51ClN4O10S/c1-23(2)42(17-7-6-15-40-37(48)41-32(20-43)35(46)36(47)33(45)21-44)53(49,50)27-12-13-31(38)25(18-27)22-51-24(3)30-19-39-16-14-28(30)29-8-4-5-9-34(29)52-26-10-11-26/h4-5,8-9,12-14,16,18-19,23-24,26,32-33,35-36,43-47H,6-7,10-11,15,17,20-22H2,1-3H3,(H2,40,41,48)/t24?,32-,33+,35+,36+/m0/s1. The molecule has 1 aliphatic carbocycles. The van der Waals surface area contributed by atoms with E-state index in [0.29, 0.717) is 23.4 Å². The molecule has 0 radical (unpaired) electrons. The number of rotatable bonds is 21. The molecule has 53 heavy (non-hydrogen) atoms. The lowest BCUT2D eigenvalue weighted by molar-refractivity contribution is -0.0902. The summed E-state index contributed by atoms with van der Waals surface area (Å²) >= 11 is 6.54. The van der Waals surface area contributed by atoms with Crippen LogP contribution in [0.15, 0.2) is 65.8 Å². The Labute approximate surface area is 315 Å². The van der Waals surface area contributed by atoms with E-state index in [4.69, 9.17) is 26.2 Å². The van der Waals surface area contributed by atoms with Crippen LogP contribution in [0.2, 0.25) is 5.02 Å². The van der Waals surface area contributed by atoms with Gasteiger partial charge in [-0.05, 0) is 87.9 Å². The zero-order chi connectivity index (χ0) is 38.7. The van der Waals surface area contributed by atoms with Crippen molar-refractivity contribution in [1.29, 1.82) is 0 Å². The van der Waals surface area contributed by atoms with Gasteiger partial charge < -0.3 is 45.6 Å². The van der Waals surface area contributed by atoms with Crippen LogP contribution in [0.25, 0.3) is 11.1 Å². The highest BCUT2D eigenvalue weighted by Crippen LogP contribution is 2.38. The van der Waals surface area contributed by atoms with Crippen molar-refractivity contribution in [3.05, 3.63) is 77.1 Å². The lowest BCUT2D eigenvalue weighted by atomic mass is 9.98. The molecule has 16 heteroatoms. The number of nitrogens with zero attached hydrogens (tertiary/aromatic N) is 2. The maximum atomic E-state index is 13.9. The van der Waals surface area contributed by atoms with Crippen LogP contribution in [-0.2, 0) is 21.4 Å². The van der Waals surface area contributed by atoms with E-state index in [1.165, 1.54) is 16.4 Å². The average Bonchev–Trinajstić information content (AvgIpc) is 3.97. The lowest BCUT2D eigenvalue weighted by Crippen LogP contribution is -2.56. The fraction of sp³-hybridized carbons (Fsp3) is 0.514. The van der Waals surface area contributed by atoms with Crippen LogP contribution in [0, 0.1) is 0 Å². The summed E-state index contributed by atoms with van der Waals surface area (Å²) in [5.41, 5.74) is 3.22. The highest BCUT2D eigenvalue weighted by atomic mass is 35.5. The van der Waals surface area contributed by atoms with Gasteiger partial charge in [0.25, 0.3) is 0 Å². The molecule has 1 heterocycles. The summed E-state index contributed by atoms with van der Waals surface area (Å²) in [5.74, 6) is 0.800. The first kappa shape index (κ1) is 42.4. The number of hydrogen-bond donors (Lipinski definition) is 7. The van der Waals surface area contributed by atoms with E-state index in [9.17, 15) is 33.6 Å². The second kappa shape index (κ2) is 19.8. The number of aliphatic hydroxyl groups is 5. The van der Waals surface area contributed by atoms with Crippen molar-refractivity contribution in [2.24, 2.45) is 0 Å². The highest BCUT2D eigenvalue weighted by Gasteiger charge is 2.32. The van der Waals surface area contributed by atoms with E-state index in [1.54, 1.807) is 32.3 Å². The van der Waals surface area contributed by atoms with Crippen molar-refractivity contribution < 1.29 is 48.2 Å². The number of aromatic nitrogens is 1. The SMILES string of the molecule is CC(OCc1cc(S(=O)(=O)N(CCCCNC(=O)N[C@@H](CO)[C@@H](O)[C@H](O)[C@H](O)CO)C(C)C)ccc1Cl)c1cnccc1-c1ccccc1OC1CC1. The maximum absolute atomic E-state index is 13.9. The van der Waals surface area contributed by atoms with Gasteiger partial charge in [-0.1, -0.05) is 29.8 Å². The molecule has 1 saturated carbocycles. The lowest BCUT2D eigenvalue weighted by Gasteiger charge is -2.28. The number of unbranched alkanes of at least 4 members (excludes halogenated alkanes) is 1. The first-order valence-electron chi connectivity index (χ1n) is 17.7. The summed E-state index contributed by atoms with van der Waals surface area (Å²) in [6, 6.07) is 11.9. The molecule has 2 aromatic carbocycles. The summed E-state index contributed by atoms with van der Waals surface area (Å²) in [6.45, 7) is 4.24. The number of benzene rings is 2. The predicted octanol–water partition coefficient (Wildman–Crippen LogP) is 3.14. The van der Waals surface area contributed by atoms with E-state index in [0.717, 1.165) is 35.3 Å². The summed E-state index contributed by atoms with van der Waals surface area (Å²) in [7, 11) is -3.95. The molecule has 5 atom stereocenters. The third-order valence-corrected chi connectivity index (χ3v) is 11.4. The summed E-state index contributed by atoms with van der Waals surface area (Å²) in [4.78, 5) is 16.7. The van der Waals surface area contributed by atoms with Crippen LogP contribution in [0.3, 0.4) is 0 Å². The molecule has 3 aromatic rings. The second-order valence-corrected chi connectivity index (χ2v) is 15.6. The quantitative estimate of drug-likeness (QED) is 0.0782. The smallest absolute Gasteiger partial charge is 0.315 e. The number of para-hydroxylation sites is 1. The number of pyridine rings is 1. The molecule has 1 fully saturated rings. The fourth-order valence-electron chi connectivity index (χ4n) is 5.68. The summed E-state index contributed by atoms with van der Waals surface area (Å²) < 4.78 is 41.5. The molecule has 1 unspecified atom stereocenters. The van der Waals surface area contributed by atoms with Gasteiger partial charge in [0.1, 0.15) is 24.1 Å². The number of amides is 2. The molecule has 292 valence electrons. The Bertz CT molecular complexity index is 1750. The molecule has 0 aliphatic heterocycles. The number of carbonyl (C=O) groups excluding carboxylic acids is 1. The molecule has 0 spiro atoms. The van der Waals surface area contributed by atoms with E-state index < -0.39 is 59.7 Å². The first-order chi connectivity index (χ1) is 25.3. The number of hydrogen-bond acceptors (Lipinski definition) is 11. The van der Waals surface area contributed by atoms with Gasteiger partial charge in [0.05, 0.1) is 43.0 Å². The third kappa shape index (κ3) is 11.6. The molecule has 1 aromatic heterocycles. The fourth-order valence-corrected chi connectivity index (χ4v) is 7.58. The van der Waals surface area contributed by atoms with Crippen molar-refractivity contribution >= 4 is 27.7 Å². The van der Waals surface area contributed by atoms with Gasteiger partial charge in [-0.2, -0.15) is 4.31 Å². The minimum Gasteiger partial charge on any atom is -0.490 e. The molecule has 0 bridgehead atoms. The van der Waals surface area contributed by atoms with E-state index in [1.807, 2.05) is 37.3 Å². The van der Waals surface area contributed by atoms with Gasteiger partial charge in [0.2, 0.25) is 10.0 Å². The van der Waals surface area contributed by atoms with Crippen LogP contribution in [0.1, 0.15) is 63.7 Å². The zero-order valence-electron chi connectivity index (χ0n) is 30.1. The minimum atomic E-state index is -3.95. The van der Waals surface area contributed by atoms with Gasteiger partial charge in [-0.15, -0.1) is 0 Å². The van der Waals surface area contributed by atoms with E-state index in [2.05, 4.69) is 15.6 Å². The number of carbonyl (C=O) groups is 1. The molecule has 2 amide bonds. The Morgan fingerprint density at radius 2 is 1.74 bits per heavy atom. The van der Waals surface area contributed by atoms with Gasteiger partial charge in [-0.25, -0.2) is 13.2 Å². The number of urea groups is 1. The second-order valence-electron chi connectivity index (χ2n) is 13.3. The van der Waals surface area contributed by atoms with Gasteiger partial charge >= 0.3 is 6.03 Å². The Morgan fingerprint density at radius 1 is 1.00 bits per heavy atom. The summed E-state index contributed by atoms with van der Waals surface area (Å²) in [5, 5.41) is 53.2.